The van der Waals surface area contributed by atoms with Gasteiger partial charge in [-0.1, -0.05) is 11.6 Å². The zero-order valence-electron chi connectivity index (χ0n) is 12.5. The average molecular weight is 357 g/mol. The van der Waals surface area contributed by atoms with E-state index in [2.05, 4.69) is 58.2 Å². The number of nitrogens with zero attached hydrogens (tertiary/aromatic N) is 1. The molecule has 1 aliphatic rings. The molecule has 1 saturated heterocycles. The maximum Gasteiger partial charge on any atom is 0.0701 e. The monoisotopic (exact) mass is 356 g/mol. The highest BCUT2D eigenvalue weighted by molar-refractivity contribution is 9.11. The van der Waals surface area contributed by atoms with Crippen molar-refractivity contribution in [2.75, 3.05) is 26.2 Å². The fourth-order valence-electron chi connectivity index (χ4n) is 2.52. The third kappa shape index (κ3) is 5.68. The summed E-state index contributed by atoms with van der Waals surface area (Å²) >= 11 is 5.37. The Morgan fingerprint density at radius 3 is 2.75 bits per heavy atom. The Labute approximate surface area is 135 Å². The number of likely N-dealkylation sites (tertiary alicyclic amines) is 1. The SMILES string of the molecule is CC(C)=CCN1CCC(NCCc2ccc(Br)s2)CC1. The second-order valence-corrected chi connectivity index (χ2v) is 8.31. The van der Waals surface area contributed by atoms with Gasteiger partial charge in [-0.2, -0.15) is 0 Å². The molecule has 4 heteroatoms. The first-order valence-electron chi connectivity index (χ1n) is 7.47. The molecule has 0 saturated carbocycles. The van der Waals surface area contributed by atoms with E-state index in [0.717, 1.165) is 19.5 Å². The largest absolute Gasteiger partial charge is 0.314 e. The maximum absolute atomic E-state index is 3.71. The number of nitrogens with one attached hydrogen (secondary N) is 1. The molecule has 0 atom stereocenters. The van der Waals surface area contributed by atoms with Crippen molar-refractivity contribution in [3.63, 3.8) is 0 Å². The van der Waals surface area contributed by atoms with Gasteiger partial charge in [-0.15, -0.1) is 11.3 Å². The number of allylic oxidation sites excluding steroid dienone is 1. The van der Waals surface area contributed by atoms with Crippen molar-refractivity contribution in [3.05, 3.63) is 32.4 Å². The molecule has 0 unspecified atom stereocenters. The lowest BCUT2D eigenvalue weighted by molar-refractivity contribution is 0.215. The van der Waals surface area contributed by atoms with Gasteiger partial charge in [0.15, 0.2) is 0 Å². The van der Waals surface area contributed by atoms with Crippen molar-refractivity contribution >= 4 is 27.3 Å². The summed E-state index contributed by atoms with van der Waals surface area (Å²) in [4.78, 5) is 4.02. The Bertz CT molecular complexity index is 429. The summed E-state index contributed by atoms with van der Waals surface area (Å²) in [5.41, 5.74) is 1.42. The predicted octanol–water partition coefficient (Wildman–Crippen LogP) is 4.07. The van der Waals surface area contributed by atoms with Crippen LogP contribution in [-0.4, -0.2) is 37.1 Å². The van der Waals surface area contributed by atoms with Gasteiger partial charge in [0, 0.05) is 24.0 Å². The van der Waals surface area contributed by atoms with Gasteiger partial charge < -0.3 is 5.32 Å². The fourth-order valence-corrected chi connectivity index (χ4v) is 4.00. The first-order valence-corrected chi connectivity index (χ1v) is 9.08. The van der Waals surface area contributed by atoms with Crippen molar-refractivity contribution in [2.24, 2.45) is 0 Å². The minimum Gasteiger partial charge on any atom is -0.314 e. The van der Waals surface area contributed by atoms with E-state index in [1.54, 1.807) is 0 Å². The van der Waals surface area contributed by atoms with Crippen LogP contribution in [0.2, 0.25) is 0 Å². The normalized spacial score (nSPS) is 17.4. The van der Waals surface area contributed by atoms with Crippen LogP contribution in [0, 0.1) is 0 Å². The van der Waals surface area contributed by atoms with Crippen molar-refractivity contribution in [1.29, 1.82) is 0 Å². The average Bonchev–Trinajstić information content (AvgIpc) is 2.83. The lowest BCUT2D eigenvalue weighted by Crippen LogP contribution is -2.43. The molecule has 0 spiro atoms. The lowest BCUT2D eigenvalue weighted by atomic mass is 10.0. The molecule has 1 N–H and O–H groups in total. The summed E-state index contributed by atoms with van der Waals surface area (Å²) < 4.78 is 1.24. The summed E-state index contributed by atoms with van der Waals surface area (Å²) in [5, 5.41) is 3.71. The minimum absolute atomic E-state index is 0.710. The number of halogens is 1. The van der Waals surface area contributed by atoms with E-state index in [0.29, 0.717) is 6.04 Å². The van der Waals surface area contributed by atoms with Crippen LogP contribution in [0.1, 0.15) is 31.6 Å². The molecule has 112 valence electrons. The molecule has 20 heavy (non-hydrogen) atoms. The van der Waals surface area contributed by atoms with E-state index in [1.165, 1.54) is 40.2 Å². The molecule has 0 aliphatic carbocycles. The Hall–Kier alpha value is -0.160. The van der Waals surface area contributed by atoms with Gasteiger partial charge in [-0.25, -0.2) is 0 Å². The molecule has 2 rings (SSSR count). The topological polar surface area (TPSA) is 15.3 Å². The van der Waals surface area contributed by atoms with Gasteiger partial charge in [0.1, 0.15) is 0 Å². The second-order valence-electron chi connectivity index (χ2n) is 5.77. The Morgan fingerprint density at radius 2 is 2.15 bits per heavy atom. The number of thiophene rings is 1. The summed E-state index contributed by atoms with van der Waals surface area (Å²) in [5.74, 6) is 0. The summed E-state index contributed by atoms with van der Waals surface area (Å²) in [6, 6.07) is 5.07. The number of hydrogen-bond donors (Lipinski definition) is 1. The Kier molecular flexibility index (Phi) is 6.75. The molecule has 1 fully saturated rings. The zero-order valence-corrected chi connectivity index (χ0v) is 14.9. The van der Waals surface area contributed by atoms with Crippen molar-refractivity contribution in [2.45, 2.75) is 39.2 Å². The Balaban J connectivity index is 1.61. The number of hydrogen-bond acceptors (Lipinski definition) is 3. The summed E-state index contributed by atoms with van der Waals surface area (Å²) in [6.07, 6.45) is 6.05. The standard InChI is InChI=1S/C16H25BrN2S/c1-13(2)6-10-19-11-7-14(8-12-19)18-9-5-15-3-4-16(17)20-15/h3-4,6,14,18H,5,7-12H2,1-2H3. The molecule has 1 aliphatic heterocycles. The van der Waals surface area contributed by atoms with Gasteiger partial charge in [0.25, 0.3) is 0 Å². The molecule has 2 heterocycles. The first-order chi connectivity index (χ1) is 9.63. The molecule has 0 radical (unpaired) electrons. The zero-order chi connectivity index (χ0) is 14.4. The molecule has 1 aromatic heterocycles. The van der Waals surface area contributed by atoms with Crippen LogP contribution in [0.25, 0.3) is 0 Å². The molecule has 0 amide bonds. The van der Waals surface area contributed by atoms with Crippen LogP contribution in [0.5, 0.6) is 0 Å². The van der Waals surface area contributed by atoms with Crippen LogP contribution in [-0.2, 0) is 6.42 Å². The van der Waals surface area contributed by atoms with Crippen molar-refractivity contribution in [1.82, 2.24) is 10.2 Å². The molecular weight excluding hydrogens is 332 g/mol. The van der Waals surface area contributed by atoms with Gasteiger partial charge in [-0.3, -0.25) is 4.90 Å². The highest BCUT2D eigenvalue weighted by atomic mass is 79.9. The predicted molar refractivity (Wildman–Crippen MR) is 92.6 cm³/mol. The van der Waals surface area contributed by atoms with Gasteiger partial charge in [0.05, 0.1) is 3.79 Å². The highest BCUT2D eigenvalue weighted by Gasteiger charge is 2.17. The van der Waals surface area contributed by atoms with Crippen LogP contribution in [0.4, 0.5) is 0 Å². The summed E-state index contributed by atoms with van der Waals surface area (Å²) in [7, 11) is 0. The van der Waals surface area contributed by atoms with E-state index < -0.39 is 0 Å². The van der Waals surface area contributed by atoms with Gasteiger partial charge >= 0.3 is 0 Å². The van der Waals surface area contributed by atoms with E-state index in [1.807, 2.05) is 11.3 Å². The molecule has 2 nitrogen and oxygen atoms in total. The third-order valence-corrected chi connectivity index (χ3v) is 5.46. The number of piperidine rings is 1. The van der Waals surface area contributed by atoms with Crippen molar-refractivity contribution < 1.29 is 0 Å². The van der Waals surface area contributed by atoms with Crippen LogP contribution in [0.3, 0.4) is 0 Å². The van der Waals surface area contributed by atoms with Gasteiger partial charge in [-0.05, 0) is 74.3 Å². The quantitative estimate of drug-likeness (QED) is 0.772. The Morgan fingerprint density at radius 1 is 1.40 bits per heavy atom. The smallest absolute Gasteiger partial charge is 0.0701 e. The van der Waals surface area contributed by atoms with Gasteiger partial charge in [0.2, 0.25) is 0 Å². The summed E-state index contributed by atoms with van der Waals surface area (Å²) in [6.45, 7) is 9.04. The molecule has 1 aromatic rings. The highest BCUT2D eigenvalue weighted by Crippen LogP contribution is 2.22. The van der Waals surface area contributed by atoms with Crippen molar-refractivity contribution in [3.8, 4) is 0 Å². The molecular formula is C16H25BrN2S. The van der Waals surface area contributed by atoms with E-state index in [-0.39, 0.29) is 0 Å². The van der Waals surface area contributed by atoms with E-state index in [4.69, 9.17) is 0 Å². The second kappa shape index (κ2) is 8.32. The molecule has 0 bridgehead atoms. The fraction of sp³-hybridized carbons (Fsp3) is 0.625. The lowest BCUT2D eigenvalue weighted by Gasteiger charge is -2.31. The van der Waals surface area contributed by atoms with E-state index in [9.17, 15) is 0 Å². The van der Waals surface area contributed by atoms with Crippen LogP contribution >= 0.6 is 27.3 Å². The van der Waals surface area contributed by atoms with E-state index >= 15 is 0 Å². The minimum atomic E-state index is 0.710. The van der Waals surface area contributed by atoms with Crippen LogP contribution < -0.4 is 5.32 Å². The molecule has 0 aromatic carbocycles. The maximum atomic E-state index is 3.71. The first kappa shape index (κ1) is 16.2. The van der Waals surface area contributed by atoms with Crippen LogP contribution in [0.15, 0.2) is 27.6 Å². The third-order valence-electron chi connectivity index (χ3n) is 3.78. The number of rotatable bonds is 6.